The number of rotatable bonds is 7. The Bertz CT molecular complexity index is 3390. The highest BCUT2D eigenvalue weighted by Gasteiger charge is 2.28. The van der Waals surface area contributed by atoms with E-state index < -0.39 is 0 Å². The Labute approximate surface area is 348 Å². The molecule has 0 saturated heterocycles. The van der Waals surface area contributed by atoms with Crippen molar-refractivity contribution in [3.05, 3.63) is 211 Å². The van der Waals surface area contributed by atoms with Crippen molar-refractivity contribution in [1.29, 1.82) is 0 Å². The van der Waals surface area contributed by atoms with Crippen molar-refractivity contribution < 1.29 is 0 Å². The van der Waals surface area contributed by atoms with Crippen LogP contribution in [-0.2, 0) is 12.8 Å². The molecule has 10 aromatic carbocycles. The van der Waals surface area contributed by atoms with Crippen LogP contribution < -0.4 is 0 Å². The van der Waals surface area contributed by atoms with Crippen LogP contribution in [0.4, 0.5) is 0 Å². The number of benzene rings is 10. The van der Waals surface area contributed by atoms with Gasteiger partial charge in [0.15, 0.2) is 17.5 Å². The Hall–Kier alpha value is -7.49. The fourth-order valence-electron chi connectivity index (χ4n) is 10.1. The predicted molar refractivity (Wildman–Crippen MR) is 250 cm³/mol. The van der Waals surface area contributed by atoms with Crippen molar-refractivity contribution >= 4 is 53.9 Å². The molecule has 0 fully saturated rings. The first-order chi connectivity index (χ1) is 29.8. The zero-order valence-electron chi connectivity index (χ0n) is 33.0. The summed E-state index contributed by atoms with van der Waals surface area (Å²) in [5.74, 6) is 2.38. The molecule has 1 heterocycles. The molecule has 1 atom stereocenters. The minimum absolute atomic E-state index is 0.394. The summed E-state index contributed by atoms with van der Waals surface area (Å²) < 4.78 is 0. The van der Waals surface area contributed by atoms with Gasteiger partial charge in [0.05, 0.1) is 0 Å². The summed E-state index contributed by atoms with van der Waals surface area (Å²) in [7, 11) is 0. The second kappa shape index (κ2) is 14.1. The van der Waals surface area contributed by atoms with Crippen LogP contribution in [0.3, 0.4) is 0 Å². The van der Waals surface area contributed by atoms with Gasteiger partial charge in [-0.2, -0.15) is 0 Å². The lowest BCUT2D eigenvalue weighted by Gasteiger charge is -2.30. The summed E-state index contributed by atoms with van der Waals surface area (Å²) in [4.78, 5) is 15.3. The molecule has 12 rings (SSSR count). The molecule has 1 unspecified atom stereocenters. The smallest absolute Gasteiger partial charge is 0.164 e. The van der Waals surface area contributed by atoms with Crippen molar-refractivity contribution in [3.63, 3.8) is 0 Å². The molecule has 3 heteroatoms. The predicted octanol–water partition coefficient (Wildman–Crippen LogP) is 14.6. The van der Waals surface area contributed by atoms with E-state index in [9.17, 15) is 0 Å². The van der Waals surface area contributed by atoms with Crippen molar-refractivity contribution in [2.24, 2.45) is 0 Å². The summed E-state index contributed by atoms with van der Waals surface area (Å²) in [6.45, 7) is 0. The monoisotopic (exact) mass is 765 g/mol. The van der Waals surface area contributed by atoms with Gasteiger partial charge >= 0.3 is 0 Å². The van der Waals surface area contributed by atoms with E-state index in [0.29, 0.717) is 23.4 Å². The third-order valence-corrected chi connectivity index (χ3v) is 12.8. The minimum Gasteiger partial charge on any atom is -0.208 e. The van der Waals surface area contributed by atoms with Crippen LogP contribution in [0, 0.1) is 0 Å². The fraction of sp³-hybridized carbons (Fsp3) is 0.0702. The summed E-state index contributed by atoms with van der Waals surface area (Å²) in [5, 5.41) is 13.2. The molecule has 11 aromatic rings. The lowest BCUT2D eigenvalue weighted by molar-refractivity contribution is 0.626. The molecule has 0 bridgehead atoms. The van der Waals surface area contributed by atoms with Gasteiger partial charge in [-0.05, 0) is 119 Å². The molecule has 0 amide bonds. The molecule has 1 aliphatic carbocycles. The number of nitrogens with zero attached hydrogens (tertiary/aromatic N) is 3. The van der Waals surface area contributed by atoms with E-state index in [1.165, 1.54) is 76.3 Å². The maximum atomic E-state index is 5.15. The van der Waals surface area contributed by atoms with Crippen molar-refractivity contribution in [1.82, 2.24) is 15.0 Å². The van der Waals surface area contributed by atoms with Gasteiger partial charge in [0.2, 0.25) is 0 Å². The highest BCUT2D eigenvalue weighted by Crippen LogP contribution is 2.50. The standard InChI is InChI=1S/C57H39N3/c1-4-16-36(17-5-1)30-31-39-34-51-52-40(35-50-45-26-13-11-24-43(45)48-29-15-27-41(39)53(48)54(50)51)22-14-28-47(52)46-32-33-49(44-25-12-10-23-42(44)46)57-59-55(37-18-6-2-7-19-37)58-56(60-57)38-20-8-3-9-21-38/h1-29,32-33,35,39H,30-31,34H2. The Morgan fingerprint density at radius 3 is 1.63 bits per heavy atom. The van der Waals surface area contributed by atoms with Gasteiger partial charge in [0, 0.05) is 16.7 Å². The summed E-state index contributed by atoms with van der Waals surface area (Å²) >= 11 is 0. The molecule has 60 heavy (non-hydrogen) atoms. The van der Waals surface area contributed by atoms with Crippen LogP contribution in [0.1, 0.15) is 29.0 Å². The Kier molecular flexibility index (Phi) is 8.12. The fourth-order valence-corrected chi connectivity index (χ4v) is 10.1. The van der Waals surface area contributed by atoms with Gasteiger partial charge in [-0.15, -0.1) is 0 Å². The average molecular weight is 766 g/mol. The van der Waals surface area contributed by atoms with E-state index in [1.54, 1.807) is 0 Å². The molecular weight excluding hydrogens is 727 g/mol. The molecule has 3 nitrogen and oxygen atoms in total. The molecular formula is C57H39N3. The van der Waals surface area contributed by atoms with Crippen LogP contribution in [0.5, 0.6) is 0 Å². The van der Waals surface area contributed by atoms with Crippen LogP contribution in [0.25, 0.3) is 99.2 Å². The van der Waals surface area contributed by atoms with Crippen molar-refractivity contribution in [3.8, 4) is 45.3 Å². The molecule has 0 N–H and O–H groups in total. The lowest BCUT2D eigenvalue weighted by atomic mass is 9.74. The molecule has 282 valence electrons. The van der Waals surface area contributed by atoms with Gasteiger partial charge in [-0.1, -0.05) is 182 Å². The summed E-state index contributed by atoms with van der Waals surface area (Å²) in [6.07, 6.45) is 3.13. The summed E-state index contributed by atoms with van der Waals surface area (Å²) in [6, 6.07) is 70.1. The third kappa shape index (κ3) is 5.61. The average Bonchev–Trinajstić information content (AvgIpc) is 3.33. The first-order valence-corrected chi connectivity index (χ1v) is 21.0. The second-order valence-corrected chi connectivity index (χ2v) is 16.2. The Morgan fingerprint density at radius 1 is 0.383 bits per heavy atom. The van der Waals surface area contributed by atoms with Gasteiger partial charge in [-0.25, -0.2) is 15.0 Å². The van der Waals surface area contributed by atoms with Gasteiger partial charge in [0.1, 0.15) is 0 Å². The molecule has 0 radical (unpaired) electrons. The van der Waals surface area contributed by atoms with E-state index in [0.717, 1.165) is 41.3 Å². The van der Waals surface area contributed by atoms with Gasteiger partial charge < -0.3 is 0 Å². The minimum atomic E-state index is 0.394. The quantitative estimate of drug-likeness (QED) is 0.120. The van der Waals surface area contributed by atoms with E-state index in [-0.39, 0.29) is 0 Å². The molecule has 0 saturated carbocycles. The molecule has 1 aliphatic rings. The van der Waals surface area contributed by atoms with Crippen molar-refractivity contribution in [2.75, 3.05) is 0 Å². The normalized spacial score (nSPS) is 13.6. The number of aromatic nitrogens is 3. The maximum absolute atomic E-state index is 5.15. The lowest BCUT2D eigenvalue weighted by Crippen LogP contribution is -2.12. The van der Waals surface area contributed by atoms with Gasteiger partial charge in [0.25, 0.3) is 0 Å². The zero-order valence-corrected chi connectivity index (χ0v) is 33.0. The Balaban J connectivity index is 1.09. The van der Waals surface area contributed by atoms with E-state index in [4.69, 9.17) is 15.0 Å². The molecule has 0 spiro atoms. The first kappa shape index (κ1) is 34.5. The highest BCUT2D eigenvalue weighted by molar-refractivity contribution is 6.30. The second-order valence-electron chi connectivity index (χ2n) is 16.2. The highest BCUT2D eigenvalue weighted by atomic mass is 15.0. The Morgan fingerprint density at radius 2 is 0.933 bits per heavy atom. The van der Waals surface area contributed by atoms with Crippen LogP contribution in [0.2, 0.25) is 0 Å². The number of fused-ring (bicyclic) bond motifs is 6. The largest absolute Gasteiger partial charge is 0.208 e. The number of hydrogen-bond donors (Lipinski definition) is 0. The SMILES string of the molecule is c1ccc(CCC2Cc3c4c(-c5ccc(-c6nc(-c7ccccc7)nc(-c7ccccc7)n6)c6ccccc56)cccc4cc4c5ccccc5c5cccc2c5c34)cc1. The van der Waals surface area contributed by atoms with Crippen LogP contribution >= 0.6 is 0 Å². The topological polar surface area (TPSA) is 38.7 Å². The van der Waals surface area contributed by atoms with Crippen LogP contribution in [-0.4, -0.2) is 15.0 Å². The van der Waals surface area contributed by atoms with Crippen molar-refractivity contribution in [2.45, 2.75) is 25.2 Å². The maximum Gasteiger partial charge on any atom is 0.164 e. The molecule has 1 aromatic heterocycles. The van der Waals surface area contributed by atoms with E-state index in [2.05, 4.69) is 158 Å². The first-order valence-electron chi connectivity index (χ1n) is 21.0. The van der Waals surface area contributed by atoms with Gasteiger partial charge in [-0.3, -0.25) is 0 Å². The zero-order chi connectivity index (χ0) is 39.6. The molecule has 0 aliphatic heterocycles. The summed E-state index contributed by atoms with van der Waals surface area (Å²) in [5.41, 5.74) is 9.74. The van der Waals surface area contributed by atoms with Crippen LogP contribution in [0.15, 0.2) is 194 Å². The number of hydrogen-bond acceptors (Lipinski definition) is 3. The third-order valence-electron chi connectivity index (χ3n) is 12.8. The van der Waals surface area contributed by atoms with E-state index in [1.807, 2.05) is 36.4 Å². The number of aryl methyl sites for hydroxylation is 1. The van der Waals surface area contributed by atoms with E-state index >= 15 is 0 Å².